The molecule has 1 unspecified atom stereocenters. The van der Waals surface area contributed by atoms with Gasteiger partial charge in [0.25, 0.3) is 0 Å². The highest BCUT2D eigenvalue weighted by atomic mass is 32.2. The topological polar surface area (TPSA) is 37.4 Å². The van der Waals surface area contributed by atoms with Gasteiger partial charge in [0.05, 0.1) is 25.4 Å². The molecule has 0 aliphatic rings. The van der Waals surface area contributed by atoms with Gasteiger partial charge < -0.3 is 0 Å². The zero-order valence-electron chi connectivity index (χ0n) is 19.8. The summed E-state index contributed by atoms with van der Waals surface area (Å²) < 4.78 is 17.9. The van der Waals surface area contributed by atoms with E-state index in [4.69, 9.17) is 0 Å². The average Bonchev–Trinajstić information content (AvgIpc) is 2.93. The standard InChI is InChI=1S/C31H24NO2S2/c1-32(36(2,34)30-17-9-11-22-10-3-4-12-25(22)30)23-18-20-24(21-19-23)35-28-15-7-5-13-26(28)31(33)27-14-6-8-16-29(27)35/h3-21H,2H2,1H3/q+1. The zero-order valence-corrected chi connectivity index (χ0v) is 21.4. The molecule has 0 spiro atoms. The van der Waals surface area contributed by atoms with Crippen LogP contribution in [0.4, 0.5) is 5.69 Å². The fourth-order valence-corrected chi connectivity index (χ4v) is 8.69. The van der Waals surface area contributed by atoms with Crippen LogP contribution in [0.3, 0.4) is 0 Å². The van der Waals surface area contributed by atoms with E-state index in [2.05, 4.69) is 30.1 Å². The van der Waals surface area contributed by atoms with E-state index in [0.29, 0.717) is 0 Å². The lowest BCUT2D eigenvalue weighted by Gasteiger charge is -2.25. The Bertz CT molecular complexity index is 1870. The Hall–Kier alpha value is -3.93. The number of fused-ring (bicyclic) bond motifs is 3. The summed E-state index contributed by atoms with van der Waals surface area (Å²) in [5.41, 5.74) is 0.901. The van der Waals surface area contributed by atoms with Crippen molar-refractivity contribution in [1.82, 2.24) is 0 Å². The van der Waals surface area contributed by atoms with E-state index in [1.54, 1.807) is 4.31 Å². The van der Waals surface area contributed by atoms with Crippen molar-refractivity contribution in [2.75, 3.05) is 11.4 Å². The van der Waals surface area contributed by atoms with Crippen LogP contribution < -0.4 is 9.73 Å². The summed E-state index contributed by atoms with van der Waals surface area (Å²) in [6, 6.07) is 37.7. The Morgan fingerprint density at radius 2 is 1.19 bits per heavy atom. The van der Waals surface area contributed by atoms with Crippen molar-refractivity contribution in [2.45, 2.75) is 4.90 Å². The van der Waals surface area contributed by atoms with Crippen molar-refractivity contribution in [3.63, 3.8) is 0 Å². The molecule has 0 aliphatic heterocycles. The van der Waals surface area contributed by atoms with Crippen LogP contribution in [-0.4, -0.2) is 17.1 Å². The minimum Gasteiger partial charge on any atom is -0.299 e. The van der Waals surface area contributed by atoms with Gasteiger partial charge in [-0.3, -0.25) is 9.10 Å². The van der Waals surface area contributed by atoms with Gasteiger partial charge in [0.1, 0.15) is 0 Å². The molecule has 176 valence electrons. The molecule has 1 heterocycles. The molecular formula is C31H24NO2S2+. The highest BCUT2D eigenvalue weighted by molar-refractivity contribution is 8.01. The first kappa shape index (κ1) is 22.5. The third kappa shape index (κ3) is 3.51. The fraction of sp³-hybridized carbons (Fsp3) is 0.0323. The molecule has 3 nitrogen and oxygen atoms in total. The maximum atomic E-state index is 14.0. The first-order valence-electron chi connectivity index (χ1n) is 11.6. The molecule has 0 N–H and O–H groups in total. The predicted octanol–water partition coefficient (Wildman–Crippen LogP) is 7.37. The summed E-state index contributed by atoms with van der Waals surface area (Å²) in [6.07, 6.45) is 0. The second kappa shape index (κ2) is 8.63. The van der Waals surface area contributed by atoms with Gasteiger partial charge in [0.2, 0.25) is 5.43 Å². The molecule has 36 heavy (non-hydrogen) atoms. The smallest absolute Gasteiger partial charge is 0.203 e. The third-order valence-corrected chi connectivity index (χ3v) is 11.1. The van der Waals surface area contributed by atoms with Gasteiger partial charge in [-0.25, -0.2) is 4.21 Å². The van der Waals surface area contributed by atoms with Crippen LogP contribution in [0.2, 0.25) is 0 Å². The first-order chi connectivity index (χ1) is 17.5. The number of hydrogen-bond acceptors (Lipinski definition) is 2. The van der Waals surface area contributed by atoms with E-state index < -0.39 is 20.2 Å². The molecular weight excluding hydrogens is 482 g/mol. The Morgan fingerprint density at radius 1 is 0.667 bits per heavy atom. The summed E-state index contributed by atoms with van der Waals surface area (Å²) >= 11 is 0. The van der Waals surface area contributed by atoms with Gasteiger partial charge in [0.15, 0.2) is 14.3 Å². The monoisotopic (exact) mass is 506 g/mol. The average molecular weight is 507 g/mol. The highest BCUT2D eigenvalue weighted by Crippen LogP contribution is 2.43. The Labute approximate surface area is 213 Å². The minimum absolute atomic E-state index is 0.0770. The van der Waals surface area contributed by atoms with Crippen LogP contribution >= 0.6 is 10.5 Å². The van der Waals surface area contributed by atoms with Gasteiger partial charge in [-0.1, -0.05) is 60.7 Å². The zero-order chi connectivity index (χ0) is 24.9. The molecule has 0 aliphatic carbocycles. The summed E-state index contributed by atoms with van der Waals surface area (Å²) in [7, 11) is -1.34. The Morgan fingerprint density at radius 3 is 1.83 bits per heavy atom. The van der Waals surface area contributed by atoms with E-state index in [0.717, 1.165) is 46.4 Å². The molecule has 0 saturated carbocycles. The normalized spacial score (nSPS) is 13.1. The van der Waals surface area contributed by atoms with E-state index in [1.165, 1.54) is 0 Å². The summed E-state index contributed by atoms with van der Waals surface area (Å²) in [4.78, 5) is 15.0. The van der Waals surface area contributed by atoms with E-state index in [9.17, 15) is 9.00 Å². The summed E-state index contributed by atoms with van der Waals surface area (Å²) in [6.45, 7) is 0. The predicted molar refractivity (Wildman–Crippen MR) is 157 cm³/mol. The molecule has 0 bridgehead atoms. The highest BCUT2D eigenvalue weighted by Gasteiger charge is 2.23. The van der Waals surface area contributed by atoms with Gasteiger partial charge in [-0.05, 0) is 59.1 Å². The van der Waals surface area contributed by atoms with Crippen LogP contribution in [-0.2, 0) is 9.71 Å². The van der Waals surface area contributed by atoms with Gasteiger partial charge in [0, 0.05) is 35.3 Å². The largest absolute Gasteiger partial charge is 0.299 e. The molecule has 0 radical (unpaired) electrons. The van der Waals surface area contributed by atoms with Gasteiger partial charge >= 0.3 is 0 Å². The third-order valence-electron chi connectivity index (χ3n) is 6.67. The van der Waals surface area contributed by atoms with Crippen LogP contribution in [0.1, 0.15) is 0 Å². The van der Waals surface area contributed by atoms with Crippen LogP contribution in [0.25, 0.3) is 35.8 Å². The second-order valence-electron chi connectivity index (χ2n) is 8.74. The van der Waals surface area contributed by atoms with Crippen LogP contribution in [0.15, 0.2) is 125 Å². The van der Waals surface area contributed by atoms with E-state index in [-0.39, 0.29) is 5.43 Å². The van der Waals surface area contributed by atoms with Crippen LogP contribution in [0, 0.1) is 0 Å². The van der Waals surface area contributed by atoms with E-state index in [1.807, 2.05) is 98.0 Å². The molecule has 6 rings (SSSR count). The molecule has 0 fully saturated rings. The van der Waals surface area contributed by atoms with Gasteiger partial charge in [-0.2, -0.15) is 0 Å². The van der Waals surface area contributed by atoms with Crippen LogP contribution in [0.5, 0.6) is 0 Å². The lowest BCUT2D eigenvalue weighted by molar-refractivity contribution is 0.680. The maximum Gasteiger partial charge on any atom is 0.203 e. The Balaban J connectivity index is 1.47. The first-order valence-corrected chi connectivity index (χ1v) is 14.5. The molecule has 1 atom stereocenters. The lowest BCUT2D eigenvalue weighted by Crippen LogP contribution is -2.26. The van der Waals surface area contributed by atoms with Crippen molar-refractivity contribution in [3.8, 4) is 4.90 Å². The molecule has 6 aromatic rings. The van der Waals surface area contributed by atoms with Crippen molar-refractivity contribution in [1.29, 1.82) is 0 Å². The SMILES string of the molecule is C=S(=O)(c1cccc2ccccc12)N(C)c1ccc(-[s+]2c3ccccc3c(=O)c3ccccc32)cc1. The lowest BCUT2D eigenvalue weighted by atomic mass is 10.1. The molecule has 5 heteroatoms. The quantitative estimate of drug-likeness (QED) is 0.142. The molecule has 1 aromatic heterocycles. The number of anilines is 1. The van der Waals surface area contributed by atoms with E-state index >= 15 is 0 Å². The van der Waals surface area contributed by atoms with Crippen molar-refractivity contribution in [2.24, 2.45) is 0 Å². The van der Waals surface area contributed by atoms with Crippen molar-refractivity contribution >= 4 is 62.7 Å². The van der Waals surface area contributed by atoms with Crippen molar-refractivity contribution < 1.29 is 4.21 Å². The molecule has 0 saturated heterocycles. The number of rotatable bonds is 4. The number of benzene rings is 5. The number of hydrogen-bond donors (Lipinski definition) is 0. The molecule has 0 amide bonds. The maximum absolute atomic E-state index is 14.0. The minimum atomic E-state index is -2.77. The number of nitrogens with zero attached hydrogens (tertiary/aromatic N) is 1. The summed E-state index contributed by atoms with van der Waals surface area (Å²) in [5.74, 6) is 4.16. The summed E-state index contributed by atoms with van der Waals surface area (Å²) in [5, 5.41) is 3.51. The fourth-order valence-electron chi connectivity index (χ4n) is 4.77. The van der Waals surface area contributed by atoms with Gasteiger partial charge in [-0.15, -0.1) is 0 Å². The second-order valence-corrected chi connectivity index (χ2v) is 13.0. The molecule has 5 aromatic carbocycles. The Kier molecular flexibility index (Phi) is 5.40. The van der Waals surface area contributed by atoms with Crippen molar-refractivity contribution in [3.05, 3.63) is 125 Å².